The third-order valence-corrected chi connectivity index (χ3v) is 3.20. The summed E-state index contributed by atoms with van der Waals surface area (Å²) in [4.78, 5) is 6.94. The lowest BCUT2D eigenvalue weighted by molar-refractivity contribution is 0.582. The molecule has 0 aliphatic rings. The molecular weight excluding hydrogens is 254 g/mol. The molecule has 2 nitrogen and oxygen atoms in total. The van der Waals surface area contributed by atoms with Gasteiger partial charge in [-0.3, -0.25) is 0 Å². The highest BCUT2D eigenvalue weighted by atomic mass is 32.1. The van der Waals surface area contributed by atoms with E-state index in [4.69, 9.17) is 12.2 Å². The van der Waals surface area contributed by atoms with Crippen LogP contribution in [0, 0.1) is 37.0 Å². The first kappa shape index (κ1) is 12.8. The molecule has 1 aromatic carbocycles. The minimum absolute atomic E-state index is 0.0795. The minimum Gasteiger partial charge on any atom is -0.343 e. The van der Waals surface area contributed by atoms with Crippen LogP contribution in [0.15, 0.2) is 12.1 Å². The van der Waals surface area contributed by atoms with Gasteiger partial charge in [0.25, 0.3) is 0 Å². The first-order valence-corrected chi connectivity index (χ1v) is 5.85. The number of benzene rings is 1. The maximum Gasteiger partial charge on any atom is 0.138 e. The molecule has 1 N–H and O–H groups in total. The van der Waals surface area contributed by atoms with Crippen molar-refractivity contribution in [2.24, 2.45) is 0 Å². The number of nitrogens with zero attached hydrogens (tertiary/aromatic N) is 1. The van der Waals surface area contributed by atoms with E-state index in [0.717, 1.165) is 0 Å². The van der Waals surface area contributed by atoms with Crippen molar-refractivity contribution in [3.05, 3.63) is 45.4 Å². The van der Waals surface area contributed by atoms with E-state index in [1.54, 1.807) is 20.8 Å². The first-order valence-electron chi connectivity index (χ1n) is 5.44. The van der Waals surface area contributed by atoms with E-state index >= 15 is 0 Å². The average molecular weight is 266 g/mol. The number of rotatable bonds is 1. The van der Waals surface area contributed by atoms with E-state index in [0.29, 0.717) is 27.3 Å². The van der Waals surface area contributed by atoms with E-state index in [1.807, 2.05) is 0 Å². The molecule has 0 aliphatic heterocycles. The summed E-state index contributed by atoms with van der Waals surface area (Å²) in [5.41, 5.74) is 1.23. The lowest BCUT2D eigenvalue weighted by Crippen LogP contribution is -2.01. The number of aryl methyl sites for hydroxylation is 2. The second-order valence-electron chi connectivity index (χ2n) is 4.18. The van der Waals surface area contributed by atoms with Gasteiger partial charge in [0.05, 0.1) is 11.3 Å². The van der Waals surface area contributed by atoms with Gasteiger partial charge in [-0.1, -0.05) is 18.3 Å². The Morgan fingerprint density at radius 1 is 1.17 bits per heavy atom. The zero-order valence-corrected chi connectivity index (χ0v) is 11.1. The van der Waals surface area contributed by atoms with E-state index in [1.165, 1.54) is 12.1 Å². The smallest absolute Gasteiger partial charge is 0.138 e. The van der Waals surface area contributed by atoms with E-state index in [2.05, 4.69) is 9.97 Å². The van der Waals surface area contributed by atoms with Gasteiger partial charge in [-0.2, -0.15) is 0 Å². The number of hydrogen-bond donors (Lipinski definition) is 1. The topological polar surface area (TPSA) is 28.7 Å². The average Bonchev–Trinajstić information content (AvgIpc) is 2.30. The lowest BCUT2D eigenvalue weighted by atomic mass is 10.0. The number of hydrogen-bond acceptors (Lipinski definition) is 2. The van der Waals surface area contributed by atoms with Crippen molar-refractivity contribution in [1.29, 1.82) is 0 Å². The first-order chi connectivity index (χ1) is 8.41. The summed E-state index contributed by atoms with van der Waals surface area (Å²) in [6.07, 6.45) is 0. The second-order valence-corrected chi connectivity index (χ2v) is 4.57. The van der Waals surface area contributed by atoms with Crippen LogP contribution in [0.2, 0.25) is 0 Å². The second kappa shape index (κ2) is 4.57. The van der Waals surface area contributed by atoms with Gasteiger partial charge in [0.15, 0.2) is 0 Å². The SMILES string of the molecule is Cc1nc(=S)c(C)c(-c2c(F)ccc(C)c2F)[nH]1. The molecule has 0 unspecified atom stereocenters. The summed E-state index contributed by atoms with van der Waals surface area (Å²) >= 11 is 5.07. The highest BCUT2D eigenvalue weighted by Crippen LogP contribution is 2.29. The van der Waals surface area contributed by atoms with Crippen LogP contribution in [0.3, 0.4) is 0 Å². The summed E-state index contributed by atoms with van der Waals surface area (Å²) < 4.78 is 28.3. The van der Waals surface area contributed by atoms with Crippen molar-refractivity contribution >= 4 is 12.2 Å². The summed E-state index contributed by atoms with van der Waals surface area (Å²) in [7, 11) is 0. The fraction of sp³-hybridized carbons (Fsp3) is 0.231. The Morgan fingerprint density at radius 2 is 1.83 bits per heavy atom. The van der Waals surface area contributed by atoms with Gasteiger partial charge in [0.2, 0.25) is 0 Å². The van der Waals surface area contributed by atoms with Crippen molar-refractivity contribution < 1.29 is 8.78 Å². The van der Waals surface area contributed by atoms with E-state index in [-0.39, 0.29) is 5.56 Å². The molecular formula is C13H12F2N2S. The highest BCUT2D eigenvalue weighted by molar-refractivity contribution is 7.71. The largest absolute Gasteiger partial charge is 0.343 e. The molecule has 2 aromatic rings. The van der Waals surface area contributed by atoms with Crippen LogP contribution in [0.25, 0.3) is 11.3 Å². The molecule has 1 heterocycles. The number of halogens is 2. The Hall–Kier alpha value is -1.62. The van der Waals surface area contributed by atoms with Crippen LogP contribution < -0.4 is 0 Å². The molecule has 0 saturated heterocycles. The number of nitrogens with one attached hydrogen (secondary N) is 1. The molecule has 0 aliphatic carbocycles. The molecule has 0 radical (unpaired) electrons. The summed E-state index contributed by atoms with van der Waals surface area (Å²) in [6, 6.07) is 2.66. The number of aromatic nitrogens is 2. The predicted molar refractivity (Wildman–Crippen MR) is 69.0 cm³/mol. The molecule has 94 valence electrons. The fourth-order valence-electron chi connectivity index (χ4n) is 1.78. The van der Waals surface area contributed by atoms with Crippen LogP contribution in [0.5, 0.6) is 0 Å². The molecule has 0 amide bonds. The fourth-order valence-corrected chi connectivity index (χ4v) is 2.02. The van der Waals surface area contributed by atoms with Gasteiger partial charge in [-0.25, -0.2) is 13.8 Å². The molecule has 18 heavy (non-hydrogen) atoms. The van der Waals surface area contributed by atoms with Crippen LogP contribution in [0.1, 0.15) is 17.0 Å². The van der Waals surface area contributed by atoms with Gasteiger partial charge < -0.3 is 4.98 Å². The lowest BCUT2D eigenvalue weighted by Gasteiger charge is -2.11. The maximum atomic E-state index is 14.1. The third kappa shape index (κ3) is 2.06. The Balaban J connectivity index is 2.85. The monoisotopic (exact) mass is 266 g/mol. The zero-order valence-electron chi connectivity index (χ0n) is 10.3. The van der Waals surface area contributed by atoms with Crippen molar-refractivity contribution in [1.82, 2.24) is 9.97 Å². The van der Waals surface area contributed by atoms with Gasteiger partial charge in [0.1, 0.15) is 22.1 Å². The molecule has 0 spiro atoms. The van der Waals surface area contributed by atoms with Gasteiger partial charge in [-0.05, 0) is 32.4 Å². The Morgan fingerprint density at radius 3 is 2.50 bits per heavy atom. The van der Waals surface area contributed by atoms with Crippen molar-refractivity contribution in [3.63, 3.8) is 0 Å². The Labute approximate surface area is 109 Å². The van der Waals surface area contributed by atoms with E-state index in [9.17, 15) is 8.78 Å². The Bertz CT molecular complexity index is 677. The highest BCUT2D eigenvalue weighted by Gasteiger charge is 2.17. The van der Waals surface area contributed by atoms with Crippen LogP contribution in [-0.4, -0.2) is 9.97 Å². The van der Waals surface area contributed by atoms with Crippen LogP contribution in [0.4, 0.5) is 8.78 Å². The summed E-state index contributed by atoms with van der Waals surface area (Å²) in [5, 5.41) is 0. The molecule has 0 saturated carbocycles. The van der Waals surface area contributed by atoms with Gasteiger partial charge in [0, 0.05) is 5.56 Å². The van der Waals surface area contributed by atoms with Gasteiger partial charge in [-0.15, -0.1) is 0 Å². The normalized spacial score (nSPS) is 10.7. The molecule has 0 fully saturated rings. The van der Waals surface area contributed by atoms with Crippen molar-refractivity contribution in [3.8, 4) is 11.3 Å². The summed E-state index contributed by atoms with van der Waals surface area (Å²) in [6.45, 7) is 4.99. The predicted octanol–water partition coefficient (Wildman–Crippen LogP) is 4.01. The van der Waals surface area contributed by atoms with E-state index < -0.39 is 11.6 Å². The molecule has 0 atom stereocenters. The Kier molecular flexibility index (Phi) is 3.26. The third-order valence-electron chi connectivity index (χ3n) is 2.81. The van der Waals surface area contributed by atoms with Gasteiger partial charge >= 0.3 is 0 Å². The molecule has 2 rings (SSSR count). The summed E-state index contributed by atoms with van der Waals surface area (Å²) in [5.74, 6) is -0.660. The molecule has 1 aromatic heterocycles. The molecule has 0 bridgehead atoms. The standard InChI is InChI=1S/C13H12F2N2S/c1-6-4-5-9(14)10(11(6)15)12-7(2)13(18)17-8(3)16-12/h4-5H,1-3H3,(H,16,17,18). The molecule has 5 heteroatoms. The number of H-pyrrole nitrogens is 1. The maximum absolute atomic E-state index is 14.1. The van der Waals surface area contributed by atoms with Crippen molar-refractivity contribution in [2.75, 3.05) is 0 Å². The zero-order chi connectivity index (χ0) is 13.4. The minimum atomic E-state index is -0.613. The van der Waals surface area contributed by atoms with Crippen molar-refractivity contribution in [2.45, 2.75) is 20.8 Å². The quantitative estimate of drug-likeness (QED) is 0.790. The van der Waals surface area contributed by atoms with Crippen LogP contribution >= 0.6 is 12.2 Å². The van der Waals surface area contributed by atoms with Crippen LogP contribution in [-0.2, 0) is 0 Å². The number of aromatic amines is 1.